The van der Waals surface area contributed by atoms with Gasteiger partial charge in [0.1, 0.15) is 17.7 Å². The van der Waals surface area contributed by atoms with Crippen molar-refractivity contribution in [2.24, 2.45) is 0 Å². The van der Waals surface area contributed by atoms with Crippen molar-refractivity contribution in [1.29, 1.82) is 0 Å². The van der Waals surface area contributed by atoms with Crippen LogP contribution in [0, 0.1) is 0 Å². The molecule has 0 N–H and O–H groups in total. The fourth-order valence-corrected chi connectivity index (χ4v) is 1.86. The summed E-state index contributed by atoms with van der Waals surface area (Å²) in [6.07, 6.45) is -0.736. The van der Waals surface area contributed by atoms with Gasteiger partial charge in [0.05, 0.1) is 0 Å². The Morgan fingerprint density at radius 2 is 1.41 bits per heavy atom. The van der Waals surface area contributed by atoms with Crippen LogP contribution in [-0.2, 0) is 14.3 Å². The molecule has 126 valence electrons. The number of rotatable bonds is 0. The van der Waals surface area contributed by atoms with E-state index in [1.165, 1.54) is 4.90 Å². The predicted octanol–water partition coefficient (Wildman–Crippen LogP) is 2.39. The van der Waals surface area contributed by atoms with Crippen molar-refractivity contribution in [1.82, 2.24) is 9.80 Å². The minimum absolute atomic E-state index is 0.186. The lowest BCUT2D eigenvalue weighted by atomic mass is 10.2. The molecule has 1 rings (SSSR count). The summed E-state index contributed by atoms with van der Waals surface area (Å²) in [7, 11) is 0. The smallest absolute Gasteiger partial charge is 0.417 e. The van der Waals surface area contributed by atoms with Crippen LogP contribution >= 0.6 is 0 Å². The molecule has 0 saturated carbocycles. The van der Waals surface area contributed by atoms with Crippen molar-refractivity contribution in [3.63, 3.8) is 0 Å². The van der Waals surface area contributed by atoms with E-state index >= 15 is 0 Å². The second-order valence-electron chi connectivity index (χ2n) is 7.28. The standard InChI is InChI=1S/C15H26N2O5/c1-14(2,3)21-12(19)16-8-7-9-17(11(18)10-16)13(20)22-15(4,5)6/h7-10H2,1-6H3. The van der Waals surface area contributed by atoms with E-state index in [0.29, 0.717) is 13.0 Å². The highest BCUT2D eigenvalue weighted by Crippen LogP contribution is 2.15. The van der Waals surface area contributed by atoms with Crippen molar-refractivity contribution in [3.05, 3.63) is 0 Å². The van der Waals surface area contributed by atoms with Gasteiger partial charge in [0, 0.05) is 13.1 Å². The molecular weight excluding hydrogens is 288 g/mol. The average Bonchev–Trinajstić information content (AvgIpc) is 2.46. The fraction of sp³-hybridized carbons (Fsp3) is 0.800. The molecule has 0 unspecified atom stereocenters. The first kappa shape index (κ1) is 18.3. The molecule has 7 heteroatoms. The molecule has 1 saturated heterocycles. The quantitative estimate of drug-likeness (QED) is 0.686. The number of carbonyl (C=O) groups excluding carboxylic acids is 3. The molecule has 0 atom stereocenters. The predicted molar refractivity (Wildman–Crippen MR) is 80.4 cm³/mol. The Hall–Kier alpha value is -1.79. The van der Waals surface area contributed by atoms with Crippen LogP contribution in [0.4, 0.5) is 9.59 Å². The van der Waals surface area contributed by atoms with Crippen molar-refractivity contribution in [2.75, 3.05) is 19.6 Å². The second-order valence-corrected chi connectivity index (χ2v) is 7.28. The lowest BCUT2D eigenvalue weighted by Gasteiger charge is -2.26. The van der Waals surface area contributed by atoms with Gasteiger partial charge in [0.25, 0.3) is 5.91 Å². The van der Waals surface area contributed by atoms with Crippen LogP contribution in [0.15, 0.2) is 0 Å². The third-order valence-corrected chi connectivity index (χ3v) is 2.70. The molecule has 3 amide bonds. The topological polar surface area (TPSA) is 76.2 Å². The van der Waals surface area contributed by atoms with E-state index in [2.05, 4.69) is 0 Å². The van der Waals surface area contributed by atoms with Gasteiger partial charge in [0.2, 0.25) is 0 Å². The second kappa shape index (κ2) is 6.54. The van der Waals surface area contributed by atoms with Gasteiger partial charge in [0.15, 0.2) is 0 Å². The van der Waals surface area contributed by atoms with Crippen molar-refractivity contribution in [2.45, 2.75) is 59.2 Å². The largest absolute Gasteiger partial charge is 0.444 e. The molecule has 7 nitrogen and oxygen atoms in total. The van der Waals surface area contributed by atoms with Gasteiger partial charge in [-0.2, -0.15) is 0 Å². The fourth-order valence-electron chi connectivity index (χ4n) is 1.86. The summed E-state index contributed by atoms with van der Waals surface area (Å²) in [5, 5.41) is 0. The molecule has 0 spiro atoms. The third-order valence-electron chi connectivity index (χ3n) is 2.70. The molecule has 1 heterocycles. The van der Waals surface area contributed by atoms with Crippen LogP contribution in [0.5, 0.6) is 0 Å². The molecule has 1 fully saturated rings. The maximum Gasteiger partial charge on any atom is 0.417 e. The average molecular weight is 314 g/mol. The van der Waals surface area contributed by atoms with Gasteiger partial charge in [-0.05, 0) is 48.0 Å². The van der Waals surface area contributed by atoms with E-state index in [9.17, 15) is 14.4 Å². The molecule has 1 aliphatic heterocycles. The summed E-state index contributed by atoms with van der Waals surface area (Å²) in [6, 6.07) is 0. The Labute approximate surface area is 131 Å². The van der Waals surface area contributed by atoms with Crippen LogP contribution in [-0.4, -0.2) is 58.7 Å². The molecule has 0 bridgehead atoms. The van der Waals surface area contributed by atoms with Gasteiger partial charge < -0.3 is 9.47 Å². The molecule has 22 heavy (non-hydrogen) atoms. The van der Waals surface area contributed by atoms with E-state index in [0.717, 1.165) is 4.90 Å². The number of hydrogen-bond acceptors (Lipinski definition) is 5. The molecule has 1 aliphatic rings. The van der Waals surface area contributed by atoms with Gasteiger partial charge in [-0.15, -0.1) is 0 Å². The SMILES string of the molecule is CC(C)(C)OC(=O)N1CCCN(C(=O)OC(C)(C)C)C(=O)C1. The first-order valence-corrected chi connectivity index (χ1v) is 7.40. The Balaban J connectivity index is 2.71. The van der Waals surface area contributed by atoms with Crippen LogP contribution in [0.3, 0.4) is 0 Å². The zero-order valence-electron chi connectivity index (χ0n) is 14.3. The van der Waals surface area contributed by atoms with E-state index in [1.807, 2.05) is 0 Å². The van der Waals surface area contributed by atoms with Gasteiger partial charge in [-0.25, -0.2) is 14.5 Å². The van der Waals surface area contributed by atoms with Gasteiger partial charge in [-0.1, -0.05) is 0 Å². The van der Waals surface area contributed by atoms with Gasteiger partial charge in [-0.3, -0.25) is 9.69 Å². The van der Waals surface area contributed by atoms with E-state index < -0.39 is 29.3 Å². The Kier molecular flexibility index (Phi) is 5.43. The monoisotopic (exact) mass is 314 g/mol. The molecule has 0 aromatic rings. The maximum absolute atomic E-state index is 12.2. The number of nitrogens with zero attached hydrogens (tertiary/aromatic N) is 2. The zero-order valence-corrected chi connectivity index (χ0v) is 14.3. The van der Waals surface area contributed by atoms with E-state index in [1.54, 1.807) is 41.5 Å². The summed E-state index contributed by atoms with van der Waals surface area (Å²) in [6.45, 7) is 10.9. The van der Waals surface area contributed by atoms with E-state index in [4.69, 9.17) is 9.47 Å². The van der Waals surface area contributed by atoms with Crippen LogP contribution in [0.2, 0.25) is 0 Å². The molecule has 0 radical (unpaired) electrons. The highest BCUT2D eigenvalue weighted by Gasteiger charge is 2.33. The minimum Gasteiger partial charge on any atom is -0.444 e. The molecule has 0 aliphatic carbocycles. The summed E-state index contributed by atoms with van der Waals surface area (Å²) >= 11 is 0. The summed E-state index contributed by atoms with van der Waals surface area (Å²) < 4.78 is 10.5. The van der Waals surface area contributed by atoms with Crippen LogP contribution in [0.25, 0.3) is 0 Å². The normalized spacial score (nSPS) is 17.1. The third kappa shape index (κ3) is 5.91. The Bertz CT molecular complexity index is 448. The summed E-state index contributed by atoms with van der Waals surface area (Å²) in [4.78, 5) is 38.6. The Morgan fingerprint density at radius 1 is 0.909 bits per heavy atom. The van der Waals surface area contributed by atoms with Crippen molar-refractivity contribution < 1.29 is 23.9 Å². The van der Waals surface area contributed by atoms with Gasteiger partial charge >= 0.3 is 12.2 Å². The van der Waals surface area contributed by atoms with Crippen LogP contribution < -0.4 is 0 Å². The van der Waals surface area contributed by atoms with Crippen molar-refractivity contribution in [3.8, 4) is 0 Å². The first-order valence-electron chi connectivity index (χ1n) is 7.40. The first-order chi connectivity index (χ1) is 9.89. The molecule has 0 aromatic carbocycles. The van der Waals surface area contributed by atoms with E-state index in [-0.39, 0.29) is 13.1 Å². The zero-order chi connectivity index (χ0) is 17.1. The maximum atomic E-state index is 12.2. The number of hydrogen-bond donors (Lipinski definition) is 0. The number of carbonyl (C=O) groups is 3. The Morgan fingerprint density at radius 3 is 1.91 bits per heavy atom. The highest BCUT2D eigenvalue weighted by atomic mass is 16.6. The lowest BCUT2D eigenvalue weighted by molar-refractivity contribution is -0.130. The molecular formula is C15H26N2O5. The summed E-state index contributed by atoms with van der Waals surface area (Å²) in [5.41, 5.74) is -1.30. The van der Waals surface area contributed by atoms with Crippen molar-refractivity contribution >= 4 is 18.1 Å². The minimum atomic E-state index is -0.677. The van der Waals surface area contributed by atoms with Crippen LogP contribution in [0.1, 0.15) is 48.0 Å². The number of amides is 3. The summed E-state index contributed by atoms with van der Waals surface area (Å²) in [5.74, 6) is -0.461. The lowest BCUT2D eigenvalue weighted by Crippen LogP contribution is -2.45. The number of imide groups is 1. The molecule has 0 aromatic heterocycles. The number of ether oxygens (including phenoxy) is 2. The highest BCUT2D eigenvalue weighted by molar-refractivity contribution is 5.94.